The minimum absolute atomic E-state index is 0.0169. The summed E-state index contributed by atoms with van der Waals surface area (Å²) in [6.07, 6.45) is 5.55. The van der Waals surface area contributed by atoms with Gasteiger partial charge < -0.3 is 5.32 Å². The van der Waals surface area contributed by atoms with Crippen LogP contribution in [-0.2, 0) is 4.79 Å². The Bertz CT molecular complexity index is 346. The summed E-state index contributed by atoms with van der Waals surface area (Å²) in [6.45, 7) is 0.659. The smallest absolute Gasteiger partial charge is 0.265 e. The van der Waals surface area contributed by atoms with E-state index in [0.29, 0.717) is 6.54 Å². The van der Waals surface area contributed by atoms with Crippen LogP contribution in [0.15, 0.2) is 23.9 Å². The first kappa shape index (κ1) is 8.93. The number of nitrogens with zero attached hydrogens (tertiary/aromatic N) is 1. The summed E-state index contributed by atoms with van der Waals surface area (Å²) in [4.78, 5) is 21.4. The second-order valence-corrected chi connectivity index (χ2v) is 3.48. The Morgan fingerprint density at radius 1 is 1.57 bits per heavy atom. The minimum atomic E-state index is -0.464. The summed E-state index contributed by atoms with van der Waals surface area (Å²) in [5.41, 5.74) is 0.0169. The highest BCUT2D eigenvalue weighted by Gasteiger charge is 2.33. The molecule has 1 saturated heterocycles. The number of piperidine rings is 1. The maximum atomic E-state index is 11.4. The first-order chi connectivity index (χ1) is 6.68. The van der Waals surface area contributed by atoms with Crippen molar-refractivity contribution in [2.75, 3.05) is 6.54 Å². The van der Waals surface area contributed by atoms with Crippen LogP contribution in [0.3, 0.4) is 0 Å². The molecule has 1 aliphatic heterocycles. The van der Waals surface area contributed by atoms with Gasteiger partial charge in [0, 0.05) is 18.7 Å². The summed E-state index contributed by atoms with van der Waals surface area (Å²) in [7, 11) is 0. The van der Waals surface area contributed by atoms with E-state index in [2.05, 4.69) is 5.32 Å². The van der Waals surface area contributed by atoms with Crippen LogP contribution in [0.4, 0.5) is 0 Å². The lowest BCUT2D eigenvalue weighted by molar-refractivity contribution is -0.419. The summed E-state index contributed by atoms with van der Waals surface area (Å²) in [5, 5.41) is 13.2. The average Bonchev–Trinajstić information content (AvgIpc) is 2.18. The highest BCUT2D eigenvalue weighted by Crippen LogP contribution is 2.28. The van der Waals surface area contributed by atoms with Crippen LogP contribution in [0.1, 0.15) is 6.42 Å². The normalized spacial score (nSPS) is 30.3. The predicted molar refractivity (Wildman–Crippen MR) is 48.8 cm³/mol. The van der Waals surface area contributed by atoms with Gasteiger partial charge >= 0.3 is 0 Å². The summed E-state index contributed by atoms with van der Waals surface area (Å²) in [6, 6.07) is 0. The van der Waals surface area contributed by atoms with Crippen LogP contribution in [0.25, 0.3) is 0 Å². The number of carbonyl (C=O) groups is 1. The number of nitro groups is 1. The Balaban J connectivity index is 2.26. The van der Waals surface area contributed by atoms with Crippen LogP contribution < -0.4 is 5.32 Å². The van der Waals surface area contributed by atoms with Gasteiger partial charge in [-0.15, -0.1) is 0 Å². The third-order valence-electron chi connectivity index (χ3n) is 2.62. The van der Waals surface area contributed by atoms with Crippen molar-refractivity contribution in [1.82, 2.24) is 5.32 Å². The molecule has 2 aliphatic rings. The average molecular weight is 194 g/mol. The van der Waals surface area contributed by atoms with E-state index in [1.165, 1.54) is 12.2 Å². The molecule has 0 aromatic carbocycles. The molecule has 0 aromatic rings. The lowest BCUT2D eigenvalue weighted by atomic mass is 9.82. The molecule has 1 aliphatic carbocycles. The number of nitrogens with one attached hydrogen (secondary N) is 1. The predicted octanol–water partition coefficient (Wildman–Crippen LogP) is 0.469. The van der Waals surface area contributed by atoms with Gasteiger partial charge in [-0.1, -0.05) is 6.08 Å². The van der Waals surface area contributed by atoms with Crippen LogP contribution in [-0.4, -0.2) is 17.4 Å². The molecule has 1 amide bonds. The molecule has 2 atom stereocenters. The van der Waals surface area contributed by atoms with Crippen molar-refractivity contribution >= 4 is 5.91 Å². The Labute approximate surface area is 80.6 Å². The van der Waals surface area contributed by atoms with Crippen molar-refractivity contribution in [3.8, 4) is 0 Å². The standard InChI is InChI=1S/C9H10N2O3/c12-9-8-5-7(11(13)14)2-1-6(8)3-4-10-9/h1-2,5-6,8H,3-4H2,(H,10,12). The fourth-order valence-corrected chi connectivity index (χ4v) is 1.85. The Morgan fingerprint density at radius 2 is 2.36 bits per heavy atom. The van der Waals surface area contributed by atoms with Gasteiger partial charge in [0.1, 0.15) is 0 Å². The van der Waals surface area contributed by atoms with Gasteiger partial charge in [0.15, 0.2) is 0 Å². The fourth-order valence-electron chi connectivity index (χ4n) is 1.85. The minimum Gasteiger partial charge on any atom is -0.356 e. The number of fused-ring (bicyclic) bond motifs is 1. The molecule has 0 radical (unpaired) electrons. The zero-order valence-electron chi connectivity index (χ0n) is 7.47. The van der Waals surface area contributed by atoms with Crippen LogP contribution in [0.5, 0.6) is 0 Å². The molecular formula is C9H10N2O3. The first-order valence-electron chi connectivity index (χ1n) is 4.50. The second-order valence-electron chi connectivity index (χ2n) is 3.48. The number of allylic oxidation sites excluding steroid dienone is 2. The number of hydrogen-bond donors (Lipinski definition) is 1. The molecule has 2 unspecified atom stereocenters. The van der Waals surface area contributed by atoms with E-state index in [-0.39, 0.29) is 23.4 Å². The zero-order chi connectivity index (χ0) is 10.1. The van der Waals surface area contributed by atoms with Gasteiger partial charge in [-0.3, -0.25) is 14.9 Å². The maximum absolute atomic E-state index is 11.4. The Kier molecular flexibility index (Phi) is 2.07. The van der Waals surface area contributed by atoms with Crippen molar-refractivity contribution < 1.29 is 9.72 Å². The lowest BCUT2D eigenvalue weighted by Crippen LogP contribution is -2.41. The van der Waals surface area contributed by atoms with Gasteiger partial charge in [0.2, 0.25) is 5.91 Å². The van der Waals surface area contributed by atoms with Gasteiger partial charge in [-0.05, 0) is 12.3 Å². The fraction of sp³-hybridized carbons (Fsp3) is 0.444. The van der Waals surface area contributed by atoms with Crippen LogP contribution >= 0.6 is 0 Å². The molecule has 2 rings (SSSR count). The van der Waals surface area contributed by atoms with Gasteiger partial charge in [-0.25, -0.2) is 0 Å². The molecule has 5 heteroatoms. The summed E-state index contributed by atoms with van der Waals surface area (Å²) in [5.74, 6) is -0.327. The third kappa shape index (κ3) is 1.41. The van der Waals surface area contributed by atoms with E-state index >= 15 is 0 Å². The molecule has 0 bridgehead atoms. The number of amides is 1. The van der Waals surface area contributed by atoms with Crippen molar-refractivity contribution in [3.05, 3.63) is 34.0 Å². The number of hydrogen-bond acceptors (Lipinski definition) is 3. The second kappa shape index (κ2) is 3.25. The molecule has 1 fully saturated rings. The van der Waals surface area contributed by atoms with Crippen molar-refractivity contribution in [1.29, 1.82) is 0 Å². The largest absolute Gasteiger partial charge is 0.356 e. The monoisotopic (exact) mass is 194 g/mol. The maximum Gasteiger partial charge on any atom is 0.265 e. The van der Waals surface area contributed by atoms with Gasteiger partial charge in [-0.2, -0.15) is 0 Å². The highest BCUT2D eigenvalue weighted by molar-refractivity contribution is 5.82. The molecule has 0 saturated carbocycles. The highest BCUT2D eigenvalue weighted by atomic mass is 16.6. The van der Waals surface area contributed by atoms with E-state index < -0.39 is 4.92 Å². The lowest BCUT2D eigenvalue weighted by Gasteiger charge is -2.28. The van der Waals surface area contributed by atoms with E-state index in [0.717, 1.165) is 6.42 Å². The quantitative estimate of drug-likeness (QED) is 0.487. The van der Waals surface area contributed by atoms with Crippen molar-refractivity contribution in [3.63, 3.8) is 0 Å². The third-order valence-corrected chi connectivity index (χ3v) is 2.62. The SMILES string of the molecule is O=C1NCCC2C=CC([N+](=O)[O-])=CC12. The molecule has 74 valence electrons. The van der Waals surface area contributed by atoms with Gasteiger partial charge in [0.05, 0.1) is 10.8 Å². The summed E-state index contributed by atoms with van der Waals surface area (Å²) >= 11 is 0. The Morgan fingerprint density at radius 3 is 3.07 bits per heavy atom. The number of carbonyl (C=O) groups excluding carboxylic acids is 1. The molecule has 14 heavy (non-hydrogen) atoms. The first-order valence-corrected chi connectivity index (χ1v) is 4.50. The molecule has 1 heterocycles. The molecule has 5 nitrogen and oxygen atoms in total. The van der Waals surface area contributed by atoms with Crippen molar-refractivity contribution in [2.24, 2.45) is 11.8 Å². The van der Waals surface area contributed by atoms with Crippen molar-refractivity contribution in [2.45, 2.75) is 6.42 Å². The van der Waals surface area contributed by atoms with Crippen LogP contribution in [0, 0.1) is 22.0 Å². The Hall–Kier alpha value is -1.65. The summed E-state index contributed by atoms with van der Waals surface area (Å²) < 4.78 is 0. The number of rotatable bonds is 1. The van der Waals surface area contributed by atoms with Gasteiger partial charge in [0.25, 0.3) is 5.70 Å². The zero-order valence-corrected chi connectivity index (χ0v) is 7.47. The molecule has 0 spiro atoms. The van der Waals surface area contributed by atoms with E-state index in [9.17, 15) is 14.9 Å². The topological polar surface area (TPSA) is 72.2 Å². The molecular weight excluding hydrogens is 184 g/mol. The van der Waals surface area contributed by atoms with E-state index in [1.54, 1.807) is 6.08 Å². The van der Waals surface area contributed by atoms with E-state index in [1.807, 2.05) is 0 Å². The molecule has 0 aromatic heterocycles. The van der Waals surface area contributed by atoms with Crippen LogP contribution in [0.2, 0.25) is 0 Å². The van der Waals surface area contributed by atoms with E-state index in [4.69, 9.17) is 0 Å². The molecule has 1 N–H and O–H groups in total.